The lowest BCUT2D eigenvalue weighted by Gasteiger charge is -1.98. The molecule has 90 valence electrons. The van der Waals surface area contributed by atoms with E-state index >= 15 is 0 Å². The van der Waals surface area contributed by atoms with Crippen molar-refractivity contribution < 1.29 is 0 Å². The number of rotatable bonds is 5. The molecule has 1 N–H and O–H groups in total. The first-order valence-corrected chi connectivity index (χ1v) is 7.67. The minimum absolute atomic E-state index is 0.922. The highest BCUT2D eigenvalue weighted by atomic mass is 32.1. The smallest absolute Gasteiger partial charge is 0.107 e. The lowest BCUT2D eigenvalue weighted by atomic mass is 10.4. The van der Waals surface area contributed by atoms with Crippen molar-refractivity contribution in [3.63, 3.8) is 0 Å². The number of nitrogens with zero attached hydrogens (tertiary/aromatic N) is 1. The molecule has 2 aromatic rings. The Morgan fingerprint density at radius 3 is 2.88 bits per heavy atom. The first kappa shape index (κ1) is 11.4. The van der Waals surface area contributed by atoms with Crippen molar-refractivity contribution in [2.24, 2.45) is 5.92 Å². The van der Waals surface area contributed by atoms with Crippen LogP contribution in [0.4, 0.5) is 0 Å². The Balaban J connectivity index is 1.61. The molecule has 0 spiro atoms. The molecular weight excluding hydrogens is 248 g/mol. The highest BCUT2D eigenvalue weighted by Crippen LogP contribution is 2.32. The summed E-state index contributed by atoms with van der Waals surface area (Å²) in [6.45, 7) is 4.23. The number of nitrogens with one attached hydrogen (secondary N) is 1. The Hall–Kier alpha value is -0.710. The number of hydrogen-bond acceptors (Lipinski definition) is 4. The van der Waals surface area contributed by atoms with Gasteiger partial charge >= 0.3 is 0 Å². The van der Waals surface area contributed by atoms with Crippen LogP contribution in [0, 0.1) is 12.8 Å². The normalized spacial score (nSPS) is 15.4. The molecule has 4 heteroatoms. The molecule has 0 amide bonds. The van der Waals surface area contributed by atoms with Crippen LogP contribution in [0.1, 0.15) is 22.7 Å². The summed E-state index contributed by atoms with van der Waals surface area (Å²) in [6, 6.07) is 4.36. The van der Waals surface area contributed by atoms with Crippen molar-refractivity contribution in [2.45, 2.75) is 26.3 Å². The Labute approximate surface area is 110 Å². The molecule has 1 aliphatic carbocycles. The summed E-state index contributed by atoms with van der Waals surface area (Å²) in [5.74, 6) is 0.939. The molecule has 17 heavy (non-hydrogen) atoms. The molecule has 0 atom stereocenters. The van der Waals surface area contributed by atoms with Crippen molar-refractivity contribution in [1.29, 1.82) is 0 Å². The number of thiazole rings is 1. The average Bonchev–Trinajstić information content (AvgIpc) is 2.85. The van der Waals surface area contributed by atoms with Gasteiger partial charge in [-0.1, -0.05) is 0 Å². The first-order chi connectivity index (χ1) is 8.31. The topological polar surface area (TPSA) is 24.9 Å². The van der Waals surface area contributed by atoms with Gasteiger partial charge in [-0.25, -0.2) is 4.98 Å². The molecule has 1 fully saturated rings. The van der Waals surface area contributed by atoms with Gasteiger partial charge in [0.2, 0.25) is 0 Å². The molecule has 2 nitrogen and oxygen atoms in total. The van der Waals surface area contributed by atoms with Crippen molar-refractivity contribution in [3.8, 4) is 9.75 Å². The minimum atomic E-state index is 0.922. The van der Waals surface area contributed by atoms with Gasteiger partial charge in [-0.3, -0.25) is 0 Å². The Morgan fingerprint density at radius 1 is 1.29 bits per heavy atom. The van der Waals surface area contributed by atoms with Gasteiger partial charge in [-0.15, -0.1) is 22.7 Å². The summed E-state index contributed by atoms with van der Waals surface area (Å²) >= 11 is 3.65. The second kappa shape index (κ2) is 4.88. The SMILES string of the molecule is Cc1ccc(-c2cnc(CNCC3CC3)s2)s1. The summed E-state index contributed by atoms with van der Waals surface area (Å²) in [5, 5.41) is 4.69. The van der Waals surface area contributed by atoms with Gasteiger partial charge in [0.1, 0.15) is 5.01 Å². The number of hydrogen-bond donors (Lipinski definition) is 1. The molecular formula is C13H16N2S2. The third kappa shape index (κ3) is 2.94. The van der Waals surface area contributed by atoms with Gasteiger partial charge in [0, 0.05) is 22.5 Å². The summed E-state index contributed by atoms with van der Waals surface area (Å²) in [4.78, 5) is 8.48. The Kier molecular flexibility index (Phi) is 3.27. The van der Waals surface area contributed by atoms with Crippen molar-refractivity contribution in [2.75, 3.05) is 6.54 Å². The van der Waals surface area contributed by atoms with Gasteiger partial charge in [-0.2, -0.15) is 0 Å². The third-order valence-electron chi connectivity index (χ3n) is 2.94. The summed E-state index contributed by atoms with van der Waals surface area (Å²) in [5.41, 5.74) is 0. The molecule has 0 aliphatic heterocycles. The van der Waals surface area contributed by atoms with Crippen LogP contribution in [0.3, 0.4) is 0 Å². The van der Waals surface area contributed by atoms with E-state index in [1.807, 2.05) is 28.9 Å². The molecule has 0 bridgehead atoms. The molecule has 2 heterocycles. The molecule has 0 unspecified atom stereocenters. The van der Waals surface area contributed by atoms with E-state index < -0.39 is 0 Å². The zero-order valence-electron chi connectivity index (χ0n) is 9.90. The second-order valence-electron chi connectivity index (χ2n) is 4.60. The van der Waals surface area contributed by atoms with E-state index in [0.717, 1.165) is 19.0 Å². The molecule has 1 aliphatic rings. The average molecular weight is 264 g/mol. The first-order valence-electron chi connectivity index (χ1n) is 6.03. The minimum Gasteiger partial charge on any atom is -0.310 e. The van der Waals surface area contributed by atoms with Gasteiger partial charge in [0.05, 0.1) is 4.88 Å². The van der Waals surface area contributed by atoms with Crippen LogP contribution in [0.15, 0.2) is 18.3 Å². The number of aromatic nitrogens is 1. The lowest BCUT2D eigenvalue weighted by Crippen LogP contribution is -2.15. The van der Waals surface area contributed by atoms with E-state index in [9.17, 15) is 0 Å². The van der Waals surface area contributed by atoms with Crippen molar-refractivity contribution >= 4 is 22.7 Å². The van der Waals surface area contributed by atoms with Crippen LogP contribution < -0.4 is 5.32 Å². The molecule has 1 saturated carbocycles. The van der Waals surface area contributed by atoms with Crippen molar-refractivity contribution in [3.05, 3.63) is 28.2 Å². The Morgan fingerprint density at radius 2 is 2.18 bits per heavy atom. The number of thiophene rings is 1. The second-order valence-corrected chi connectivity index (χ2v) is 7.01. The van der Waals surface area contributed by atoms with Crippen molar-refractivity contribution in [1.82, 2.24) is 10.3 Å². The zero-order chi connectivity index (χ0) is 11.7. The van der Waals surface area contributed by atoms with Gasteiger partial charge in [-0.05, 0) is 44.4 Å². The molecule has 0 radical (unpaired) electrons. The van der Waals surface area contributed by atoms with Gasteiger partial charge in [0.25, 0.3) is 0 Å². The van der Waals surface area contributed by atoms with E-state index in [0.29, 0.717) is 0 Å². The lowest BCUT2D eigenvalue weighted by molar-refractivity contribution is 0.637. The molecule has 0 saturated heterocycles. The highest BCUT2D eigenvalue weighted by molar-refractivity contribution is 7.21. The van der Waals surface area contributed by atoms with E-state index in [-0.39, 0.29) is 0 Å². The standard InChI is InChI=1S/C13H16N2S2/c1-9-2-5-11(16-9)12-7-15-13(17-12)8-14-6-10-3-4-10/h2,5,7,10,14H,3-4,6,8H2,1H3. The quantitative estimate of drug-likeness (QED) is 0.891. The fourth-order valence-corrected chi connectivity index (χ4v) is 3.61. The zero-order valence-corrected chi connectivity index (χ0v) is 11.5. The fourth-order valence-electron chi connectivity index (χ4n) is 1.78. The molecule has 3 rings (SSSR count). The van der Waals surface area contributed by atoms with Gasteiger partial charge < -0.3 is 5.32 Å². The number of aryl methyl sites for hydroxylation is 1. The van der Waals surface area contributed by atoms with Crippen LogP contribution in [-0.2, 0) is 6.54 Å². The van der Waals surface area contributed by atoms with Crippen LogP contribution in [-0.4, -0.2) is 11.5 Å². The fraction of sp³-hybridized carbons (Fsp3) is 0.462. The monoisotopic (exact) mass is 264 g/mol. The van der Waals surface area contributed by atoms with Crippen LogP contribution in [0.2, 0.25) is 0 Å². The largest absolute Gasteiger partial charge is 0.310 e. The van der Waals surface area contributed by atoms with E-state index in [4.69, 9.17) is 0 Å². The summed E-state index contributed by atoms with van der Waals surface area (Å²) in [6.07, 6.45) is 4.82. The molecule has 0 aromatic carbocycles. The van der Waals surface area contributed by atoms with E-state index in [1.54, 1.807) is 0 Å². The van der Waals surface area contributed by atoms with Gasteiger partial charge in [0.15, 0.2) is 0 Å². The third-order valence-corrected chi connectivity index (χ3v) is 5.14. The highest BCUT2D eigenvalue weighted by Gasteiger charge is 2.20. The van der Waals surface area contributed by atoms with Crippen LogP contribution >= 0.6 is 22.7 Å². The maximum absolute atomic E-state index is 4.48. The maximum atomic E-state index is 4.48. The summed E-state index contributed by atoms with van der Waals surface area (Å²) < 4.78 is 0. The van der Waals surface area contributed by atoms with Crippen LogP contribution in [0.5, 0.6) is 0 Å². The summed E-state index contributed by atoms with van der Waals surface area (Å²) in [7, 11) is 0. The van der Waals surface area contributed by atoms with E-state index in [1.165, 1.54) is 32.5 Å². The van der Waals surface area contributed by atoms with Crippen LogP contribution in [0.25, 0.3) is 9.75 Å². The predicted molar refractivity (Wildman–Crippen MR) is 74.6 cm³/mol. The molecule has 2 aromatic heterocycles. The predicted octanol–water partition coefficient (Wildman–Crippen LogP) is 3.68. The van der Waals surface area contributed by atoms with E-state index in [2.05, 4.69) is 29.4 Å². The maximum Gasteiger partial charge on any atom is 0.107 e. The Bertz CT molecular complexity index is 497.